The molecule has 1 fully saturated rings. The Kier molecular flexibility index (Phi) is 4.79. The number of hydrogen-bond acceptors (Lipinski definition) is 4. The molecule has 21 heavy (non-hydrogen) atoms. The summed E-state index contributed by atoms with van der Waals surface area (Å²) in [4.78, 5) is 10.9. The Hall–Kier alpha value is -1.94. The molecule has 4 heteroatoms. The second-order valence-corrected chi connectivity index (χ2v) is 5.49. The molecule has 1 aliphatic rings. The minimum absolute atomic E-state index is 0.631. The van der Waals surface area contributed by atoms with E-state index in [1.807, 2.05) is 24.7 Å². The number of anilines is 1. The molecule has 0 aliphatic carbocycles. The molecule has 2 aromatic rings. The van der Waals surface area contributed by atoms with Crippen molar-refractivity contribution in [3.8, 4) is 0 Å². The van der Waals surface area contributed by atoms with Crippen molar-refractivity contribution < 1.29 is 0 Å². The highest BCUT2D eigenvalue weighted by Crippen LogP contribution is 2.18. The minimum atomic E-state index is 0.631. The molecular formula is C17H22N4. The summed E-state index contributed by atoms with van der Waals surface area (Å²) in [6.07, 6.45) is 9.00. The molecule has 1 N–H and O–H groups in total. The van der Waals surface area contributed by atoms with Crippen LogP contribution in [-0.4, -0.2) is 35.6 Å². The predicted octanol–water partition coefficient (Wildman–Crippen LogP) is 2.28. The quantitative estimate of drug-likeness (QED) is 0.913. The Morgan fingerprint density at radius 1 is 1.05 bits per heavy atom. The van der Waals surface area contributed by atoms with Crippen LogP contribution in [0.3, 0.4) is 0 Å². The Morgan fingerprint density at radius 2 is 1.86 bits per heavy atom. The summed E-state index contributed by atoms with van der Waals surface area (Å²) >= 11 is 0. The van der Waals surface area contributed by atoms with E-state index in [2.05, 4.69) is 44.5 Å². The fraction of sp³-hybridized carbons (Fsp3) is 0.412. The average Bonchev–Trinajstić information content (AvgIpc) is 2.57. The zero-order valence-corrected chi connectivity index (χ0v) is 12.3. The van der Waals surface area contributed by atoms with Gasteiger partial charge in [0.1, 0.15) is 0 Å². The third-order valence-electron chi connectivity index (χ3n) is 4.06. The number of rotatable bonds is 5. The maximum absolute atomic E-state index is 4.36. The summed E-state index contributed by atoms with van der Waals surface area (Å²) in [5.74, 6) is 0. The molecule has 0 radical (unpaired) electrons. The second kappa shape index (κ2) is 7.18. The summed E-state index contributed by atoms with van der Waals surface area (Å²) < 4.78 is 0. The highest BCUT2D eigenvalue weighted by atomic mass is 15.1. The first kappa shape index (κ1) is 14.0. The highest BCUT2D eigenvalue weighted by Gasteiger charge is 2.18. The smallest absolute Gasteiger partial charge is 0.0416 e. The van der Waals surface area contributed by atoms with Crippen molar-refractivity contribution in [2.24, 2.45) is 0 Å². The Labute approximate surface area is 126 Å². The van der Waals surface area contributed by atoms with E-state index in [4.69, 9.17) is 0 Å². The molecular weight excluding hydrogens is 260 g/mol. The zero-order valence-electron chi connectivity index (χ0n) is 12.3. The van der Waals surface area contributed by atoms with Crippen LogP contribution in [0.2, 0.25) is 0 Å². The van der Waals surface area contributed by atoms with Crippen molar-refractivity contribution in [3.63, 3.8) is 0 Å². The second-order valence-electron chi connectivity index (χ2n) is 5.49. The van der Waals surface area contributed by atoms with Gasteiger partial charge < -0.3 is 10.2 Å². The Morgan fingerprint density at radius 3 is 2.57 bits per heavy atom. The lowest BCUT2D eigenvalue weighted by molar-refractivity contribution is 0.417. The van der Waals surface area contributed by atoms with Crippen molar-refractivity contribution in [1.82, 2.24) is 15.3 Å². The van der Waals surface area contributed by atoms with Gasteiger partial charge >= 0.3 is 0 Å². The van der Waals surface area contributed by atoms with E-state index in [0.29, 0.717) is 6.04 Å². The van der Waals surface area contributed by atoms with Gasteiger partial charge in [0.2, 0.25) is 0 Å². The van der Waals surface area contributed by atoms with Crippen molar-refractivity contribution in [2.75, 3.05) is 24.5 Å². The van der Waals surface area contributed by atoms with Crippen LogP contribution in [0.15, 0.2) is 48.9 Å². The van der Waals surface area contributed by atoms with Gasteiger partial charge in [-0.2, -0.15) is 0 Å². The Bertz CT molecular complexity index is 518. The summed E-state index contributed by atoms with van der Waals surface area (Å²) in [5.41, 5.74) is 2.45. The number of nitrogens with one attached hydrogen (secondary N) is 1. The third kappa shape index (κ3) is 4.02. The molecule has 0 spiro atoms. The van der Waals surface area contributed by atoms with E-state index >= 15 is 0 Å². The molecule has 0 aromatic carbocycles. The van der Waals surface area contributed by atoms with Crippen LogP contribution in [0.1, 0.15) is 18.5 Å². The molecule has 0 amide bonds. The van der Waals surface area contributed by atoms with Gasteiger partial charge in [-0.25, -0.2) is 0 Å². The lowest BCUT2D eigenvalue weighted by Gasteiger charge is -2.34. The minimum Gasteiger partial charge on any atom is -0.371 e. The molecule has 3 rings (SSSR count). The van der Waals surface area contributed by atoms with Gasteiger partial charge in [-0.1, -0.05) is 6.07 Å². The van der Waals surface area contributed by atoms with E-state index in [1.54, 1.807) is 0 Å². The van der Waals surface area contributed by atoms with Gasteiger partial charge in [-0.3, -0.25) is 9.97 Å². The average molecular weight is 282 g/mol. The number of hydrogen-bond donors (Lipinski definition) is 1. The van der Waals surface area contributed by atoms with Crippen LogP contribution in [0.4, 0.5) is 5.69 Å². The maximum Gasteiger partial charge on any atom is 0.0416 e. The van der Waals surface area contributed by atoms with Crippen LogP contribution in [0.5, 0.6) is 0 Å². The van der Waals surface area contributed by atoms with Crippen molar-refractivity contribution in [3.05, 3.63) is 54.6 Å². The first-order chi connectivity index (χ1) is 10.4. The topological polar surface area (TPSA) is 41.0 Å². The molecule has 0 bridgehead atoms. The number of aromatic nitrogens is 2. The van der Waals surface area contributed by atoms with Gasteiger partial charge in [0.25, 0.3) is 0 Å². The monoisotopic (exact) mass is 282 g/mol. The fourth-order valence-electron chi connectivity index (χ4n) is 2.85. The van der Waals surface area contributed by atoms with Crippen LogP contribution in [0.25, 0.3) is 0 Å². The summed E-state index contributed by atoms with van der Waals surface area (Å²) in [6, 6.07) is 10.9. The third-order valence-corrected chi connectivity index (χ3v) is 4.06. The highest BCUT2D eigenvalue weighted by molar-refractivity contribution is 5.44. The van der Waals surface area contributed by atoms with Crippen molar-refractivity contribution in [2.45, 2.75) is 25.3 Å². The van der Waals surface area contributed by atoms with Crippen LogP contribution >= 0.6 is 0 Å². The summed E-state index contributed by atoms with van der Waals surface area (Å²) in [6.45, 7) is 3.24. The van der Waals surface area contributed by atoms with Gasteiger partial charge in [0.15, 0.2) is 0 Å². The molecule has 1 aliphatic heterocycles. The van der Waals surface area contributed by atoms with Gasteiger partial charge in [0.05, 0.1) is 0 Å². The standard InChI is InChI=1S/C17H22N4/c1-2-9-19-15(3-1)4-12-20-16-7-13-21(14-8-16)17-5-10-18-11-6-17/h1-3,5-6,9-11,16,20H,4,7-8,12-14H2. The van der Waals surface area contributed by atoms with E-state index < -0.39 is 0 Å². The fourth-order valence-corrected chi connectivity index (χ4v) is 2.85. The maximum atomic E-state index is 4.36. The van der Waals surface area contributed by atoms with Crippen LogP contribution in [0, 0.1) is 0 Å². The first-order valence-electron chi connectivity index (χ1n) is 7.70. The van der Waals surface area contributed by atoms with E-state index in [0.717, 1.165) is 26.1 Å². The van der Waals surface area contributed by atoms with Gasteiger partial charge in [-0.05, 0) is 37.1 Å². The number of pyridine rings is 2. The van der Waals surface area contributed by atoms with Crippen molar-refractivity contribution >= 4 is 5.69 Å². The van der Waals surface area contributed by atoms with Crippen molar-refractivity contribution in [1.29, 1.82) is 0 Å². The normalized spacial score (nSPS) is 16.1. The van der Waals surface area contributed by atoms with Gasteiger partial charge in [-0.15, -0.1) is 0 Å². The molecule has 110 valence electrons. The number of nitrogens with zero attached hydrogens (tertiary/aromatic N) is 3. The SMILES string of the molecule is c1ccc(CCNC2CCN(c3ccncc3)CC2)nc1. The molecule has 3 heterocycles. The summed E-state index contributed by atoms with van der Waals surface area (Å²) in [7, 11) is 0. The predicted molar refractivity (Wildman–Crippen MR) is 85.4 cm³/mol. The van der Waals surface area contributed by atoms with E-state index in [-0.39, 0.29) is 0 Å². The first-order valence-corrected chi connectivity index (χ1v) is 7.70. The van der Waals surface area contributed by atoms with E-state index in [9.17, 15) is 0 Å². The van der Waals surface area contributed by atoms with Crippen LogP contribution < -0.4 is 10.2 Å². The van der Waals surface area contributed by atoms with Crippen LogP contribution in [-0.2, 0) is 6.42 Å². The Balaban J connectivity index is 1.40. The number of piperidine rings is 1. The molecule has 0 atom stereocenters. The summed E-state index contributed by atoms with van der Waals surface area (Å²) in [5, 5.41) is 3.66. The largest absolute Gasteiger partial charge is 0.371 e. The molecule has 4 nitrogen and oxygen atoms in total. The molecule has 0 saturated carbocycles. The lowest BCUT2D eigenvalue weighted by Crippen LogP contribution is -2.43. The van der Waals surface area contributed by atoms with Gasteiger partial charge in [0, 0.05) is 62.1 Å². The molecule has 0 unspecified atom stereocenters. The molecule has 1 saturated heterocycles. The lowest BCUT2D eigenvalue weighted by atomic mass is 10.0. The zero-order chi connectivity index (χ0) is 14.3. The molecule has 2 aromatic heterocycles. The van der Waals surface area contributed by atoms with E-state index in [1.165, 1.54) is 24.2 Å².